The fraction of sp³-hybridized carbons (Fsp3) is 0.615. The molecule has 1 aliphatic heterocycles. The number of aromatic nitrogens is 2. The summed E-state index contributed by atoms with van der Waals surface area (Å²) >= 11 is 0. The van der Waals surface area contributed by atoms with E-state index in [1.165, 1.54) is 14.2 Å². The van der Waals surface area contributed by atoms with Gasteiger partial charge in [-0.2, -0.15) is 4.31 Å². The Kier molecular flexibility index (Phi) is 5.37. The monoisotopic (exact) mass is 344 g/mol. The van der Waals surface area contributed by atoms with Crippen LogP contribution in [0.4, 0.5) is 0 Å². The van der Waals surface area contributed by atoms with Crippen molar-refractivity contribution >= 4 is 15.9 Å². The van der Waals surface area contributed by atoms with Crippen molar-refractivity contribution in [3.8, 4) is 11.8 Å². The number of sulfonamides is 1. The molecule has 2 rings (SSSR count). The van der Waals surface area contributed by atoms with Crippen LogP contribution in [-0.4, -0.2) is 79.9 Å². The van der Waals surface area contributed by atoms with Crippen LogP contribution in [-0.2, 0) is 14.8 Å². The van der Waals surface area contributed by atoms with Gasteiger partial charge in [-0.05, 0) is 0 Å². The molecule has 0 spiro atoms. The Morgan fingerprint density at radius 3 is 2.61 bits per heavy atom. The normalized spacial score (nSPS) is 18.3. The largest absolute Gasteiger partial charge is 0.480 e. The second-order valence-corrected chi connectivity index (χ2v) is 7.39. The minimum atomic E-state index is -3.37. The van der Waals surface area contributed by atoms with Crippen LogP contribution in [0.25, 0.3) is 0 Å². The fourth-order valence-electron chi connectivity index (χ4n) is 2.11. The number of methoxy groups -OCH3 is 1. The summed E-state index contributed by atoms with van der Waals surface area (Å²) in [6.07, 6.45) is 1.53. The number of nitrogens with zero attached hydrogens (tertiary/aromatic N) is 4. The quantitative estimate of drug-likeness (QED) is 0.676. The highest BCUT2D eigenvalue weighted by molar-refractivity contribution is 7.88. The zero-order valence-electron chi connectivity index (χ0n) is 13.3. The second-order valence-electron chi connectivity index (χ2n) is 5.30. The minimum absolute atomic E-state index is 0.173. The van der Waals surface area contributed by atoms with Crippen LogP contribution >= 0.6 is 0 Å². The molecule has 0 bridgehead atoms. The highest BCUT2D eigenvalue weighted by Gasteiger charge is 2.29. The molecule has 0 radical (unpaired) electrons. The lowest BCUT2D eigenvalue weighted by atomic mass is 10.3. The first-order valence-corrected chi connectivity index (χ1v) is 8.88. The van der Waals surface area contributed by atoms with Gasteiger partial charge in [-0.25, -0.2) is 8.42 Å². The van der Waals surface area contributed by atoms with Crippen LogP contribution in [0.3, 0.4) is 0 Å². The van der Waals surface area contributed by atoms with Crippen molar-refractivity contribution in [1.82, 2.24) is 19.4 Å². The zero-order chi connectivity index (χ0) is 17.0. The summed E-state index contributed by atoms with van der Waals surface area (Å²) in [4.78, 5) is 13.7. The molecule has 0 aliphatic carbocycles. The first-order chi connectivity index (χ1) is 10.8. The maximum absolute atomic E-state index is 12.1. The van der Waals surface area contributed by atoms with E-state index >= 15 is 0 Å². The molecule has 1 unspecified atom stereocenters. The van der Waals surface area contributed by atoms with Gasteiger partial charge in [0.1, 0.15) is 6.10 Å². The van der Waals surface area contributed by atoms with Crippen LogP contribution in [0, 0.1) is 0 Å². The molecule has 0 N–H and O–H groups in total. The van der Waals surface area contributed by atoms with Gasteiger partial charge in [0.2, 0.25) is 27.7 Å². The van der Waals surface area contributed by atoms with Crippen molar-refractivity contribution in [2.75, 3.05) is 40.0 Å². The number of ether oxygens (including phenoxy) is 2. The average molecular weight is 344 g/mol. The van der Waals surface area contributed by atoms with Gasteiger partial charge in [0.15, 0.2) is 0 Å². The maximum atomic E-state index is 12.1. The van der Waals surface area contributed by atoms with Crippen molar-refractivity contribution in [3.05, 3.63) is 12.1 Å². The minimum Gasteiger partial charge on any atom is -0.480 e. The number of hydrogen-bond acceptors (Lipinski definition) is 7. The number of carbonyl (C=O) groups excluding carboxylic acids is 1. The van der Waals surface area contributed by atoms with E-state index in [9.17, 15) is 13.2 Å². The molecule has 10 heteroatoms. The molecular formula is C13H20N4O5S. The molecule has 1 fully saturated rings. The predicted octanol–water partition coefficient (Wildman–Crippen LogP) is -0.644. The van der Waals surface area contributed by atoms with E-state index in [4.69, 9.17) is 9.47 Å². The Bertz CT molecular complexity index is 649. The third-order valence-electron chi connectivity index (χ3n) is 3.53. The van der Waals surface area contributed by atoms with Gasteiger partial charge in [-0.3, -0.25) is 4.79 Å². The predicted molar refractivity (Wildman–Crippen MR) is 81.7 cm³/mol. The summed E-state index contributed by atoms with van der Waals surface area (Å²) in [5.74, 6) is 0.507. The number of carbonyl (C=O) groups is 1. The molecule has 128 valence electrons. The maximum Gasteiger partial charge on any atom is 0.238 e. The first kappa shape index (κ1) is 17.4. The van der Waals surface area contributed by atoms with Crippen molar-refractivity contribution in [3.63, 3.8) is 0 Å². The standard InChI is InChI=1S/C13H20N4O5S/c1-16(23(3,19)20)9-13(18)17-7-6-10(8-17)22-12-5-4-11(21-2)14-15-12/h4-5,10H,6-9H2,1-3H3. The van der Waals surface area contributed by atoms with Crippen LogP contribution in [0.5, 0.6) is 11.8 Å². The summed E-state index contributed by atoms with van der Waals surface area (Å²) in [6, 6.07) is 3.29. The molecule has 0 aromatic carbocycles. The molecule has 1 atom stereocenters. The van der Waals surface area contributed by atoms with Crippen LogP contribution in [0.2, 0.25) is 0 Å². The highest BCUT2D eigenvalue weighted by atomic mass is 32.2. The van der Waals surface area contributed by atoms with E-state index in [1.807, 2.05) is 0 Å². The van der Waals surface area contributed by atoms with Gasteiger partial charge in [-0.15, -0.1) is 10.2 Å². The number of amides is 1. The number of likely N-dealkylation sites (tertiary alicyclic amines) is 1. The van der Waals surface area contributed by atoms with Crippen molar-refractivity contribution in [2.45, 2.75) is 12.5 Å². The van der Waals surface area contributed by atoms with Crippen molar-refractivity contribution < 1.29 is 22.7 Å². The van der Waals surface area contributed by atoms with Crippen LogP contribution < -0.4 is 9.47 Å². The van der Waals surface area contributed by atoms with E-state index in [0.29, 0.717) is 31.3 Å². The third-order valence-corrected chi connectivity index (χ3v) is 4.80. The van der Waals surface area contributed by atoms with Gasteiger partial charge in [0, 0.05) is 32.1 Å². The molecule has 1 aromatic rings. The molecular weight excluding hydrogens is 324 g/mol. The van der Waals surface area contributed by atoms with Crippen molar-refractivity contribution in [2.24, 2.45) is 0 Å². The van der Waals surface area contributed by atoms with Gasteiger partial charge < -0.3 is 14.4 Å². The molecule has 9 nitrogen and oxygen atoms in total. The van der Waals surface area contributed by atoms with Gasteiger partial charge >= 0.3 is 0 Å². The summed E-state index contributed by atoms with van der Waals surface area (Å²) < 4.78 is 34.3. The van der Waals surface area contributed by atoms with Gasteiger partial charge in [0.05, 0.1) is 26.5 Å². The Labute approximate surface area is 135 Å². The average Bonchev–Trinajstić information content (AvgIpc) is 2.95. The lowest BCUT2D eigenvalue weighted by Crippen LogP contribution is -2.40. The molecule has 0 saturated carbocycles. The summed E-state index contributed by atoms with van der Waals surface area (Å²) in [6.45, 7) is 0.739. The topological polar surface area (TPSA) is 102 Å². The van der Waals surface area contributed by atoms with Gasteiger partial charge in [-0.1, -0.05) is 0 Å². The van der Waals surface area contributed by atoms with E-state index in [2.05, 4.69) is 10.2 Å². The van der Waals surface area contributed by atoms with Crippen LogP contribution in [0.1, 0.15) is 6.42 Å². The highest BCUT2D eigenvalue weighted by Crippen LogP contribution is 2.17. The molecule has 23 heavy (non-hydrogen) atoms. The Morgan fingerprint density at radius 1 is 1.39 bits per heavy atom. The number of hydrogen-bond donors (Lipinski definition) is 0. The Balaban J connectivity index is 1.86. The summed E-state index contributed by atoms with van der Waals surface area (Å²) in [7, 11) is -0.494. The third kappa shape index (κ3) is 4.76. The van der Waals surface area contributed by atoms with E-state index in [-0.39, 0.29) is 18.6 Å². The van der Waals surface area contributed by atoms with Crippen LogP contribution in [0.15, 0.2) is 12.1 Å². The lowest BCUT2D eigenvalue weighted by molar-refractivity contribution is -0.130. The van der Waals surface area contributed by atoms with Crippen molar-refractivity contribution in [1.29, 1.82) is 0 Å². The Morgan fingerprint density at radius 2 is 2.04 bits per heavy atom. The SMILES string of the molecule is COc1ccc(OC2CCN(C(=O)CN(C)S(C)(=O)=O)C2)nn1. The summed E-state index contributed by atoms with van der Waals surface area (Å²) in [5, 5.41) is 7.68. The van der Waals surface area contributed by atoms with E-state index in [0.717, 1.165) is 10.6 Å². The lowest BCUT2D eigenvalue weighted by Gasteiger charge is -2.20. The van der Waals surface area contributed by atoms with Gasteiger partial charge in [0.25, 0.3) is 0 Å². The van der Waals surface area contributed by atoms with E-state index < -0.39 is 10.0 Å². The molecule has 1 amide bonds. The number of likely N-dealkylation sites (N-methyl/N-ethyl adjacent to an activating group) is 1. The second kappa shape index (κ2) is 7.09. The molecule has 2 heterocycles. The Hall–Kier alpha value is -1.94. The van der Waals surface area contributed by atoms with E-state index in [1.54, 1.807) is 17.0 Å². The summed E-state index contributed by atoms with van der Waals surface area (Å²) in [5.41, 5.74) is 0. The first-order valence-electron chi connectivity index (χ1n) is 7.03. The molecule has 1 aliphatic rings. The zero-order valence-corrected chi connectivity index (χ0v) is 14.1. The number of rotatable bonds is 6. The smallest absolute Gasteiger partial charge is 0.238 e. The fourth-order valence-corrected chi connectivity index (χ4v) is 2.45. The molecule has 1 aromatic heterocycles. The molecule has 1 saturated heterocycles.